The van der Waals surface area contributed by atoms with Gasteiger partial charge in [-0.2, -0.15) is 0 Å². The Labute approximate surface area is 210 Å². The Hall–Kier alpha value is -2.65. The van der Waals surface area contributed by atoms with Gasteiger partial charge in [0.05, 0.1) is 16.8 Å². The van der Waals surface area contributed by atoms with Crippen LogP contribution in [0.25, 0.3) is 15.9 Å². The van der Waals surface area contributed by atoms with Crippen LogP contribution in [-0.2, 0) is 17.8 Å². The van der Waals surface area contributed by atoms with Crippen LogP contribution in [0.5, 0.6) is 0 Å². The topological polar surface area (TPSA) is 67.2 Å². The van der Waals surface area contributed by atoms with Crippen molar-refractivity contribution in [2.75, 3.05) is 24.7 Å². The molecule has 0 aliphatic carbocycles. The molecule has 1 aliphatic rings. The van der Waals surface area contributed by atoms with Gasteiger partial charge in [0.1, 0.15) is 4.83 Å². The van der Waals surface area contributed by atoms with E-state index >= 15 is 0 Å². The van der Waals surface area contributed by atoms with Gasteiger partial charge in [0.15, 0.2) is 5.16 Å². The second kappa shape index (κ2) is 9.54. The fraction of sp³-hybridized carbons (Fsp3) is 0.240. The lowest BCUT2D eigenvalue weighted by molar-refractivity contribution is -0.113. The standard InChI is InChI=1S/C25H23ClN4O2S2/c1-15-3-7-17(8-4-15)27-21(31)14-33-25-28-23-22(19-11-12-29(2)13-20(19)34-23)24(32)30(25)18-9-5-16(26)6-10-18/h3-10H,11-14H2,1-2H3,(H,27,31). The molecule has 0 bridgehead atoms. The first-order valence-corrected chi connectivity index (χ1v) is 13.1. The number of likely N-dealkylation sites (N-methyl/N-ethyl adjacent to an activating group) is 1. The molecule has 1 N–H and O–H groups in total. The Morgan fingerprint density at radius 3 is 2.65 bits per heavy atom. The van der Waals surface area contributed by atoms with E-state index in [1.165, 1.54) is 16.6 Å². The summed E-state index contributed by atoms with van der Waals surface area (Å²) in [6, 6.07) is 14.8. The van der Waals surface area contributed by atoms with Crippen LogP contribution in [0.4, 0.5) is 5.69 Å². The highest BCUT2D eigenvalue weighted by Gasteiger charge is 2.24. The normalized spacial score (nSPS) is 13.7. The van der Waals surface area contributed by atoms with E-state index < -0.39 is 0 Å². The van der Waals surface area contributed by atoms with Gasteiger partial charge in [-0.05, 0) is 62.4 Å². The van der Waals surface area contributed by atoms with Crippen molar-refractivity contribution in [2.24, 2.45) is 0 Å². The summed E-state index contributed by atoms with van der Waals surface area (Å²) in [5, 5.41) is 4.68. The van der Waals surface area contributed by atoms with Crippen LogP contribution < -0.4 is 10.9 Å². The molecule has 6 nitrogen and oxygen atoms in total. The van der Waals surface area contributed by atoms with Gasteiger partial charge in [-0.3, -0.25) is 14.2 Å². The summed E-state index contributed by atoms with van der Waals surface area (Å²) < 4.78 is 1.60. The molecule has 4 aromatic rings. The minimum absolute atomic E-state index is 0.101. The van der Waals surface area contributed by atoms with Gasteiger partial charge in [0, 0.05) is 28.7 Å². The monoisotopic (exact) mass is 510 g/mol. The summed E-state index contributed by atoms with van der Waals surface area (Å²) in [5.41, 5.74) is 3.55. The van der Waals surface area contributed by atoms with E-state index in [-0.39, 0.29) is 17.2 Å². The molecule has 0 fully saturated rings. The molecule has 0 saturated carbocycles. The highest BCUT2D eigenvalue weighted by Crippen LogP contribution is 2.34. The van der Waals surface area contributed by atoms with Gasteiger partial charge in [0.2, 0.25) is 5.91 Å². The molecule has 0 spiro atoms. The quantitative estimate of drug-likeness (QED) is 0.298. The third-order valence-electron chi connectivity index (χ3n) is 5.79. The number of rotatable bonds is 5. The van der Waals surface area contributed by atoms with Crippen molar-refractivity contribution >= 4 is 56.5 Å². The van der Waals surface area contributed by atoms with Crippen molar-refractivity contribution in [1.82, 2.24) is 14.5 Å². The van der Waals surface area contributed by atoms with E-state index in [1.807, 2.05) is 31.2 Å². The number of carbonyl (C=O) groups is 1. The van der Waals surface area contributed by atoms with E-state index in [9.17, 15) is 9.59 Å². The number of nitrogens with one attached hydrogen (secondary N) is 1. The van der Waals surface area contributed by atoms with Crippen LogP contribution >= 0.6 is 34.7 Å². The highest BCUT2D eigenvalue weighted by atomic mass is 35.5. The lowest BCUT2D eigenvalue weighted by Gasteiger charge is -2.21. The number of carbonyl (C=O) groups excluding carboxylic acids is 1. The number of hydrogen-bond donors (Lipinski definition) is 1. The van der Waals surface area contributed by atoms with Gasteiger partial charge < -0.3 is 10.2 Å². The number of aromatic nitrogens is 2. The zero-order valence-electron chi connectivity index (χ0n) is 18.8. The first-order chi connectivity index (χ1) is 16.4. The molecule has 1 amide bonds. The summed E-state index contributed by atoms with van der Waals surface area (Å²) in [4.78, 5) is 35.5. The summed E-state index contributed by atoms with van der Waals surface area (Å²) in [7, 11) is 2.08. The molecule has 0 unspecified atom stereocenters. The van der Waals surface area contributed by atoms with Crippen molar-refractivity contribution in [3.05, 3.63) is 79.9 Å². The zero-order valence-corrected chi connectivity index (χ0v) is 21.2. The van der Waals surface area contributed by atoms with E-state index in [0.717, 1.165) is 41.2 Å². The van der Waals surface area contributed by atoms with E-state index in [0.29, 0.717) is 21.3 Å². The second-order valence-electron chi connectivity index (χ2n) is 8.39. The van der Waals surface area contributed by atoms with E-state index in [4.69, 9.17) is 16.6 Å². The number of amides is 1. The lowest BCUT2D eigenvalue weighted by atomic mass is 10.1. The molecule has 1 aliphatic heterocycles. The Morgan fingerprint density at radius 1 is 1.18 bits per heavy atom. The first kappa shape index (κ1) is 23.1. The smallest absolute Gasteiger partial charge is 0.267 e. The van der Waals surface area contributed by atoms with Crippen LogP contribution in [0.1, 0.15) is 16.0 Å². The van der Waals surface area contributed by atoms with Gasteiger partial charge in [-0.15, -0.1) is 11.3 Å². The molecule has 9 heteroatoms. The van der Waals surface area contributed by atoms with Gasteiger partial charge in [-0.25, -0.2) is 4.98 Å². The van der Waals surface area contributed by atoms with Gasteiger partial charge >= 0.3 is 0 Å². The maximum absolute atomic E-state index is 13.8. The molecular formula is C25H23ClN4O2S2. The summed E-state index contributed by atoms with van der Waals surface area (Å²) >= 11 is 8.92. The second-order valence-corrected chi connectivity index (χ2v) is 10.8. The molecule has 2 aromatic heterocycles. The van der Waals surface area contributed by atoms with Crippen molar-refractivity contribution in [2.45, 2.75) is 25.0 Å². The SMILES string of the molecule is Cc1ccc(NC(=O)CSc2nc3sc4c(c3c(=O)n2-c2ccc(Cl)cc2)CCN(C)C4)cc1. The summed E-state index contributed by atoms with van der Waals surface area (Å²) in [6.45, 7) is 3.73. The Bertz CT molecular complexity index is 1430. The number of halogens is 1. The Balaban J connectivity index is 1.52. The number of anilines is 1. The van der Waals surface area contributed by atoms with Crippen molar-refractivity contribution in [1.29, 1.82) is 0 Å². The molecule has 2 aromatic carbocycles. The Morgan fingerprint density at radius 2 is 1.91 bits per heavy atom. The summed E-state index contributed by atoms with van der Waals surface area (Å²) in [5.74, 6) is -0.0225. The number of hydrogen-bond acceptors (Lipinski definition) is 6. The molecule has 174 valence electrons. The maximum Gasteiger partial charge on any atom is 0.267 e. The number of thiophene rings is 1. The van der Waals surface area contributed by atoms with Crippen LogP contribution in [0.3, 0.4) is 0 Å². The number of thioether (sulfide) groups is 1. The van der Waals surface area contributed by atoms with Crippen molar-refractivity contribution < 1.29 is 4.79 Å². The molecule has 0 saturated heterocycles. The van der Waals surface area contributed by atoms with Crippen molar-refractivity contribution in [3.63, 3.8) is 0 Å². The predicted molar refractivity (Wildman–Crippen MR) is 141 cm³/mol. The minimum atomic E-state index is -0.155. The predicted octanol–water partition coefficient (Wildman–Crippen LogP) is 5.13. The first-order valence-electron chi connectivity index (χ1n) is 10.9. The van der Waals surface area contributed by atoms with Gasteiger partial charge in [-0.1, -0.05) is 41.1 Å². The highest BCUT2D eigenvalue weighted by molar-refractivity contribution is 7.99. The van der Waals surface area contributed by atoms with Gasteiger partial charge in [0.25, 0.3) is 5.56 Å². The lowest BCUT2D eigenvalue weighted by Crippen LogP contribution is -2.27. The molecule has 3 heterocycles. The van der Waals surface area contributed by atoms with Crippen LogP contribution in [0.15, 0.2) is 58.5 Å². The fourth-order valence-electron chi connectivity index (χ4n) is 4.03. The van der Waals surface area contributed by atoms with E-state index in [1.54, 1.807) is 40.2 Å². The minimum Gasteiger partial charge on any atom is -0.325 e. The Kier molecular flexibility index (Phi) is 6.48. The summed E-state index contributed by atoms with van der Waals surface area (Å²) in [6.07, 6.45) is 0.828. The molecule has 34 heavy (non-hydrogen) atoms. The maximum atomic E-state index is 13.8. The number of fused-ring (bicyclic) bond motifs is 3. The number of aryl methyl sites for hydroxylation is 1. The largest absolute Gasteiger partial charge is 0.325 e. The third kappa shape index (κ3) is 4.63. The van der Waals surface area contributed by atoms with E-state index in [2.05, 4.69) is 17.3 Å². The third-order valence-corrected chi connectivity index (χ3v) is 8.09. The van der Waals surface area contributed by atoms with Crippen molar-refractivity contribution in [3.8, 4) is 5.69 Å². The number of nitrogens with zero attached hydrogens (tertiary/aromatic N) is 3. The average Bonchev–Trinajstić information content (AvgIpc) is 3.17. The van der Waals surface area contributed by atoms with Crippen LogP contribution in [0.2, 0.25) is 5.02 Å². The fourth-order valence-corrected chi connectivity index (χ4v) is 6.31. The molecule has 0 atom stereocenters. The van der Waals surface area contributed by atoms with Crippen LogP contribution in [0, 0.1) is 6.92 Å². The molecule has 0 radical (unpaired) electrons. The molecular weight excluding hydrogens is 488 g/mol. The average molecular weight is 511 g/mol. The molecule has 5 rings (SSSR count). The number of benzene rings is 2. The zero-order chi connectivity index (χ0) is 23.8. The van der Waals surface area contributed by atoms with Crippen LogP contribution in [-0.4, -0.2) is 39.7 Å².